The zero-order valence-corrected chi connectivity index (χ0v) is 11.6. The summed E-state index contributed by atoms with van der Waals surface area (Å²) in [6.07, 6.45) is 4.03. The molecular weight excluding hydrogens is 230 g/mol. The van der Waals surface area contributed by atoms with Crippen LogP contribution in [0.2, 0.25) is 0 Å². The Labute approximate surface area is 108 Å². The van der Waals surface area contributed by atoms with Crippen LogP contribution in [0.4, 0.5) is 0 Å². The van der Waals surface area contributed by atoms with E-state index in [4.69, 9.17) is 5.11 Å². The third-order valence-corrected chi connectivity index (χ3v) is 3.41. The summed E-state index contributed by atoms with van der Waals surface area (Å²) in [6.45, 7) is 8.19. The minimum absolute atomic E-state index is 0.0170. The second-order valence-corrected chi connectivity index (χ2v) is 6.13. The molecular formula is C14H23NO3. The SMILES string of the molecule is CC(C)CC/C=C(\NC(=O)C1CC1(C)C)C(=O)O. The number of carbonyl (C=O) groups is 2. The molecule has 4 heteroatoms. The first-order valence-electron chi connectivity index (χ1n) is 6.48. The minimum Gasteiger partial charge on any atom is -0.477 e. The van der Waals surface area contributed by atoms with E-state index in [-0.39, 0.29) is 22.9 Å². The number of carboxylic acid groups (broad SMARTS) is 1. The van der Waals surface area contributed by atoms with Gasteiger partial charge in [0, 0.05) is 5.92 Å². The van der Waals surface area contributed by atoms with Crippen LogP contribution in [0.1, 0.15) is 47.0 Å². The number of aliphatic carboxylic acids is 1. The molecule has 0 aromatic rings. The number of allylic oxidation sites excluding steroid dienone is 1. The lowest BCUT2D eigenvalue weighted by Gasteiger charge is -2.08. The number of hydrogen-bond donors (Lipinski definition) is 2. The molecule has 1 saturated carbocycles. The van der Waals surface area contributed by atoms with E-state index in [0.717, 1.165) is 12.8 Å². The van der Waals surface area contributed by atoms with Crippen molar-refractivity contribution in [1.29, 1.82) is 0 Å². The predicted molar refractivity (Wildman–Crippen MR) is 69.8 cm³/mol. The molecule has 1 aliphatic carbocycles. The number of carboxylic acids is 1. The Morgan fingerprint density at radius 3 is 2.39 bits per heavy atom. The van der Waals surface area contributed by atoms with Gasteiger partial charge in [0.05, 0.1) is 0 Å². The van der Waals surface area contributed by atoms with Gasteiger partial charge < -0.3 is 10.4 Å². The Bertz CT molecular complexity index is 369. The Morgan fingerprint density at radius 1 is 1.44 bits per heavy atom. The monoisotopic (exact) mass is 253 g/mol. The summed E-state index contributed by atoms with van der Waals surface area (Å²) < 4.78 is 0. The zero-order valence-electron chi connectivity index (χ0n) is 11.6. The Morgan fingerprint density at radius 2 is 2.00 bits per heavy atom. The summed E-state index contributed by atoms with van der Waals surface area (Å²) in [7, 11) is 0. The largest absolute Gasteiger partial charge is 0.477 e. The summed E-state index contributed by atoms with van der Waals surface area (Å²) in [4.78, 5) is 22.8. The van der Waals surface area contributed by atoms with Crippen molar-refractivity contribution in [2.24, 2.45) is 17.3 Å². The lowest BCUT2D eigenvalue weighted by Crippen LogP contribution is -2.29. The van der Waals surface area contributed by atoms with E-state index in [9.17, 15) is 9.59 Å². The smallest absolute Gasteiger partial charge is 0.352 e. The molecule has 0 spiro atoms. The fourth-order valence-corrected chi connectivity index (χ4v) is 1.89. The maximum absolute atomic E-state index is 11.8. The molecule has 102 valence electrons. The van der Waals surface area contributed by atoms with E-state index in [1.807, 2.05) is 13.8 Å². The average Bonchev–Trinajstić information content (AvgIpc) is 2.85. The van der Waals surface area contributed by atoms with Crippen molar-refractivity contribution in [2.45, 2.75) is 47.0 Å². The molecule has 1 fully saturated rings. The van der Waals surface area contributed by atoms with Crippen molar-refractivity contribution in [2.75, 3.05) is 0 Å². The molecule has 0 saturated heterocycles. The summed E-state index contributed by atoms with van der Waals surface area (Å²) in [5, 5.41) is 11.6. The summed E-state index contributed by atoms with van der Waals surface area (Å²) in [5.74, 6) is -0.761. The highest BCUT2D eigenvalue weighted by Gasteiger charge is 2.50. The molecule has 4 nitrogen and oxygen atoms in total. The van der Waals surface area contributed by atoms with Crippen molar-refractivity contribution in [1.82, 2.24) is 5.32 Å². The molecule has 0 aliphatic heterocycles. The molecule has 1 unspecified atom stereocenters. The van der Waals surface area contributed by atoms with Crippen molar-refractivity contribution in [3.63, 3.8) is 0 Å². The van der Waals surface area contributed by atoms with Crippen LogP contribution in [0, 0.1) is 17.3 Å². The van der Waals surface area contributed by atoms with Crippen molar-refractivity contribution in [3.8, 4) is 0 Å². The predicted octanol–water partition coefficient (Wildman–Crippen LogP) is 2.55. The van der Waals surface area contributed by atoms with E-state index in [1.54, 1.807) is 6.08 Å². The maximum Gasteiger partial charge on any atom is 0.352 e. The molecule has 0 aromatic carbocycles. The number of amides is 1. The van der Waals surface area contributed by atoms with Crippen LogP contribution in [0.3, 0.4) is 0 Å². The molecule has 0 heterocycles. The number of carbonyl (C=O) groups excluding carboxylic acids is 1. The molecule has 1 rings (SSSR count). The second-order valence-electron chi connectivity index (χ2n) is 6.13. The van der Waals surface area contributed by atoms with Gasteiger partial charge in [0.1, 0.15) is 5.70 Å². The third-order valence-electron chi connectivity index (χ3n) is 3.41. The van der Waals surface area contributed by atoms with Gasteiger partial charge in [0.15, 0.2) is 0 Å². The van der Waals surface area contributed by atoms with E-state index in [2.05, 4.69) is 19.2 Å². The van der Waals surface area contributed by atoms with Gasteiger partial charge in [0.25, 0.3) is 0 Å². The number of hydrogen-bond acceptors (Lipinski definition) is 2. The van der Waals surface area contributed by atoms with Crippen LogP contribution < -0.4 is 5.32 Å². The van der Waals surface area contributed by atoms with E-state index in [0.29, 0.717) is 12.3 Å². The first kappa shape index (κ1) is 14.7. The van der Waals surface area contributed by atoms with Crippen LogP contribution in [0.25, 0.3) is 0 Å². The van der Waals surface area contributed by atoms with Gasteiger partial charge in [-0.25, -0.2) is 4.79 Å². The molecule has 0 bridgehead atoms. The standard InChI is InChI=1S/C14H23NO3/c1-9(2)6-5-7-11(13(17)18)15-12(16)10-8-14(10,3)4/h7,9-10H,5-6,8H2,1-4H3,(H,15,16)(H,17,18)/b11-7-. The third kappa shape index (κ3) is 4.17. The van der Waals surface area contributed by atoms with Gasteiger partial charge in [-0.3, -0.25) is 4.79 Å². The minimum atomic E-state index is -1.06. The number of nitrogens with one attached hydrogen (secondary N) is 1. The normalized spacial score (nSPS) is 21.8. The van der Waals surface area contributed by atoms with E-state index < -0.39 is 5.97 Å². The van der Waals surface area contributed by atoms with Crippen molar-refractivity contribution >= 4 is 11.9 Å². The van der Waals surface area contributed by atoms with Gasteiger partial charge in [-0.1, -0.05) is 33.8 Å². The lowest BCUT2D eigenvalue weighted by atomic mass is 10.1. The van der Waals surface area contributed by atoms with Crippen LogP contribution in [0.15, 0.2) is 11.8 Å². The maximum atomic E-state index is 11.8. The van der Waals surface area contributed by atoms with Crippen molar-refractivity contribution in [3.05, 3.63) is 11.8 Å². The Kier molecular flexibility index (Phi) is 4.54. The molecule has 0 radical (unpaired) electrons. The van der Waals surface area contributed by atoms with E-state index in [1.165, 1.54) is 0 Å². The van der Waals surface area contributed by atoms with Crippen LogP contribution in [-0.2, 0) is 9.59 Å². The second kappa shape index (κ2) is 5.55. The quantitative estimate of drug-likeness (QED) is 0.715. The highest BCUT2D eigenvalue weighted by Crippen LogP contribution is 2.51. The van der Waals surface area contributed by atoms with Crippen LogP contribution in [-0.4, -0.2) is 17.0 Å². The molecule has 1 aliphatic rings. The Balaban J connectivity index is 2.53. The molecule has 0 aromatic heterocycles. The fourth-order valence-electron chi connectivity index (χ4n) is 1.89. The van der Waals surface area contributed by atoms with Crippen LogP contribution in [0.5, 0.6) is 0 Å². The number of rotatable bonds is 6. The molecule has 1 atom stereocenters. The van der Waals surface area contributed by atoms with Gasteiger partial charge in [0.2, 0.25) is 5.91 Å². The lowest BCUT2D eigenvalue weighted by molar-refractivity contribution is -0.135. The molecule has 18 heavy (non-hydrogen) atoms. The topological polar surface area (TPSA) is 66.4 Å². The van der Waals surface area contributed by atoms with E-state index >= 15 is 0 Å². The van der Waals surface area contributed by atoms with Gasteiger partial charge in [-0.2, -0.15) is 0 Å². The summed E-state index contributed by atoms with van der Waals surface area (Å²) >= 11 is 0. The molecule has 1 amide bonds. The van der Waals surface area contributed by atoms with Gasteiger partial charge in [-0.05, 0) is 30.6 Å². The average molecular weight is 253 g/mol. The Hall–Kier alpha value is -1.32. The fraction of sp³-hybridized carbons (Fsp3) is 0.714. The summed E-state index contributed by atoms with van der Waals surface area (Å²) in [5.41, 5.74) is 0.0365. The highest BCUT2D eigenvalue weighted by atomic mass is 16.4. The first-order chi connectivity index (χ1) is 8.24. The van der Waals surface area contributed by atoms with Gasteiger partial charge in [-0.15, -0.1) is 0 Å². The first-order valence-corrected chi connectivity index (χ1v) is 6.48. The van der Waals surface area contributed by atoms with Gasteiger partial charge >= 0.3 is 5.97 Å². The molecule has 2 N–H and O–H groups in total. The highest BCUT2D eigenvalue weighted by molar-refractivity contribution is 5.94. The van der Waals surface area contributed by atoms with Crippen LogP contribution >= 0.6 is 0 Å². The summed E-state index contributed by atoms with van der Waals surface area (Å²) in [6, 6.07) is 0. The zero-order chi connectivity index (χ0) is 13.9. The van der Waals surface area contributed by atoms with Crippen molar-refractivity contribution < 1.29 is 14.7 Å².